The lowest BCUT2D eigenvalue weighted by molar-refractivity contribution is -0.134. The van der Waals surface area contributed by atoms with E-state index in [1.807, 2.05) is 27.7 Å². The van der Waals surface area contributed by atoms with Gasteiger partial charge in [-0.05, 0) is 44.7 Å². The topological polar surface area (TPSA) is 35.5 Å². The van der Waals surface area contributed by atoms with Gasteiger partial charge >= 0.3 is 5.97 Å². The third-order valence-electron chi connectivity index (χ3n) is 3.82. The second-order valence-corrected chi connectivity index (χ2v) is 6.71. The maximum Gasteiger partial charge on any atom is 0.311 e. The normalized spacial score (nSPS) is 16.5. The van der Waals surface area contributed by atoms with E-state index in [0.717, 1.165) is 52.3 Å². The van der Waals surface area contributed by atoms with Gasteiger partial charge in [0.15, 0.2) is 0 Å². The Morgan fingerprint density at radius 2 is 1.86 bits per heavy atom. The highest BCUT2D eigenvalue weighted by atomic mass is 32.2. The van der Waals surface area contributed by atoms with Crippen LogP contribution in [0.5, 0.6) is 11.5 Å². The Kier molecular flexibility index (Phi) is 5.20. The Bertz CT molecular complexity index is 552. The molecule has 1 unspecified atom stereocenters. The fourth-order valence-electron chi connectivity index (χ4n) is 2.51. The van der Waals surface area contributed by atoms with Gasteiger partial charge in [-0.25, -0.2) is 0 Å². The SMILES string of the molecule is CCCC(=O)Oc1c(C)c(C)c2c(c1C)SC(CCC)O2. The van der Waals surface area contributed by atoms with Crippen molar-refractivity contribution in [2.45, 2.75) is 70.6 Å². The van der Waals surface area contributed by atoms with Gasteiger partial charge in [0.1, 0.15) is 16.9 Å². The van der Waals surface area contributed by atoms with E-state index in [2.05, 4.69) is 6.92 Å². The zero-order valence-corrected chi connectivity index (χ0v) is 14.4. The van der Waals surface area contributed by atoms with E-state index in [9.17, 15) is 4.79 Å². The molecule has 2 rings (SSSR count). The lowest BCUT2D eigenvalue weighted by Gasteiger charge is -2.16. The molecule has 0 amide bonds. The van der Waals surface area contributed by atoms with Gasteiger partial charge < -0.3 is 9.47 Å². The van der Waals surface area contributed by atoms with E-state index in [1.54, 1.807) is 11.8 Å². The zero-order valence-electron chi connectivity index (χ0n) is 13.5. The van der Waals surface area contributed by atoms with Crippen molar-refractivity contribution in [3.05, 3.63) is 16.7 Å². The van der Waals surface area contributed by atoms with Crippen molar-refractivity contribution in [3.63, 3.8) is 0 Å². The van der Waals surface area contributed by atoms with Gasteiger partial charge in [-0.3, -0.25) is 4.79 Å². The smallest absolute Gasteiger partial charge is 0.311 e. The summed E-state index contributed by atoms with van der Waals surface area (Å²) in [6.07, 6.45) is 3.39. The van der Waals surface area contributed by atoms with Gasteiger partial charge in [-0.1, -0.05) is 32.0 Å². The predicted molar refractivity (Wildman–Crippen MR) is 86.4 cm³/mol. The molecule has 0 N–H and O–H groups in total. The van der Waals surface area contributed by atoms with Gasteiger partial charge in [0.25, 0.3) is 0 Å². The number of hydrogen-bond donors (Lipinski definition) is 0. The highest BCUT2D eigenvalue weighted by Gasteiger charge is 2.30. The van der Waals surface area contributed by atoms with E-state index >= 15 is 0 Å². The van der Waals surface area contributed by atoms with Crippen LogP contribution in [0.25, 0.3) is 0 Å². The van der Waals surface area contributed by atoms with Gasteiger partial charge in [0.05, 0.1) is 4.90 Å². The number of hydrogen-bond acceptors (Lipinski definition) is 4. The molecule has 0 fully saturated rings. The summed E-state index contributed by atoms with van der Waals surface area (Å²) < 4.78 is 11.7. The molecule has 0 spiro atoms. The molecule has 0 aliphatic carbocycles. The van der Waals surface area contributed by atoms with Gasteiger partial charge in [0, 0.05) is 12.0 Å². The number of esters is 1. The summed E-state index contributed by atoms with van der Waals surface area (Å²) in [5.41, 5.74) is 3.30. The quantitative estimate of drug-likeness (QED) is 0.571. The molecule has 0 radical (unpaired) electrons. The molecule has 1 aromatic carbocycles. The number of fused-ring (bicyclic) bond motifs is 1. The first kappa shape index (κ1) is 16.2. The lowest BCUT2D eigenvalue weighted by atomic mass is 10.0. The summed E-state index contributed by atoms with van der Waals surface area (Å²) in [5, 5.41) is 0. The lowest BCUT2D eigenvalue weighted by Crippen LogP contribution is -2.10. The number of rotatable bonds is 5. The summed E-state index contributed by atoms with van der Waals surface area (Å²) in [6.45, 7) is 10.2. The van der Waals surface area contributed by atoms with Crippen LogP contribution in [0, 0.1) is 20.8 Å². The molecule has 1 atom stereocenters. The average molecular weight is 308 g/mol. The summed E-state index contributed by atoms with van der Waals surface area (Å²) in [6, 6.07) is 0. The van der Waals surface area contributed by atoms with E-state index in [1.165, 1.54) is 0 Å². The van der Waals surface area contributed by atoms with Crippen LogP contribution < -0.4 is 9.47 Å². The Hall–Kier alpha value is -1.16. The molecule has 1 aromatic rings. The Balaban J connectivity index is 2.36. The number of ether oxygens (including phenoxy) is 2. The Morgan fingerprint density at radius 3 is 2.48 bits per heavy atom. The van der Waals surface area contributed by atoms with Crippen molar-refractivity contribution in [2.24, 2.45) is 0 Å². The Labute approximate surface area is 131 Å². The molecule has 0 aromatic heterocycles. The number of carbonyl (C=O) groups is 1. The highest BCUT2D eigenvalue weighted by Crippen LogP contribution is 2.50. The van der Waals surface area contributed by atoms with Crippen LogP contribution in [-0.2, 0) is 4.79 Å². The van der Waals surface area contributed by atoms with Crippen LogP contribution in [0.15, 0.2) is 4.90 Å². The second-order valence-electron chi connectivity index (χ2n) is 5.54. The summed E-state index contributed by atoms with van der Waals surface area (Å²) in [5.74, 6) is 1.54. The molecule has 1 aliphatic heterocycles. The van der Waals surface area contributed by atoms with Crippen molar-refractivity contribution < 1.29 is 14.3 Å². The molecule has 21 heavy (non-hydrogen) atoms. The zero-order chi connectivity index (χ0) is 15.6. The van der Waals surface area contributed by atoms with Crippen LogP contribution >= 0.6 is 11.8 Å². The highest BCUT2D eigenvalue weighted by molar-refractivity contribution is 8.00. The third kappa shape index (κ3) is 3.20. The molecule has 1 aliphatic rings. The number of carbonyl (C=O) groups excluding carboxylic acids is 1. The fourth-order valence-corrected chi connectivity index (χ4v) is 3.85. The molecule has 4 heteroatoms. The largest absolute Gasteiger partial charge is 0.478 e. The molecule has 3 nitrogen and oxygen atoms in total. The standard InChI is InChI=1S/C17H24O3S/c1-6-8-13(18)19-15-10(3)11(4)16-17(12(15)5)21-14(20-16)9-7-2/h14H,6-9H2,1-5H3. The fraction of sp³-hybridized carbons (Fsp3) is 0.588. The molecule has 0 bridgehead atoms. The van der Waals surface area contributed by atoms with Crippen LogP contribution in [-0.4, -0.2) is 11.4 Å². The van der Waals surface area contributed by atoms with Gasteiger partial charge in [-0.2, -0.15) is 0 Å². The van der Waals surface area contributed by atoms with Crippen LogP contribution in [0.3, 0.4) is 0 Å². The number of benzene rings is 1. The maximum atomic E-state index is 11.8. The van der Waals surface area contributed by atoms with Crippen molar-refractivity contribution in [2.75, 3.05) is 0 Å². The van der Waals surface area contributed by atoms with Crippen molar-refractivity contribution in [1.82, 2.24) is 0 Å². The number of thioether (sulfide) groups is 1. The van der Waals surface area contributed by atoms with E-state index in [0.29, 0.717) is 6.42 Å². The summed E-state index contributed by atoms with van der Waals surface area (Å²) >= 11 is 1.75. The summed E-state index contributed by atoms with van der Waals surface area (Å²) in [7, 11) is 0. The monoisotopic (exact) mass is 308 g/mol. The Morgan fingerprint density at radius 1 is 1.14 bits per heavy atom. The van der Waals surface area contributed by atoms with Gasteiger partial charge in [-0.15, -0.1) is 0 Å². The first-order valence-electron chi connectivity index (χ1n) is 7.67. The van der Waals surface area contributed by atoms with E-state index < -0.39 is 0 Å². The van der Waals surface area contributed by atoms with Gasteiger partial charge in [0.2, 0.25) is 0 Å². The predicted octanol–water partition coefficient (Wildman–Crippen LogP) is 4.93. The minimum absolute atomic E-state index is 0.155. The summed E-state index contributed by atoms with van der Waals surface area (Å²) in [4.78, 5) is 13.0. The third-order valence-corrected chi connectivity index (χ3v) is 5.15. The van der Waals surface area contributed by atoms with E-state index in [4.69, 9.17) is 9.47 Å². The molecule has 116 valence electrons. The maximum absolute atomic E-state index is 11.8. The first-order valence-corrected chi connectivity index (χ1v) is 8.55. The van der Waals surface area contributed by atoms with Crippen molar-refractivity contribution in [3.8, 4) is 11.5 Å². The average Bonchev–Trinajstić information content (AvgIpc) is 2.86. The van der Waals surface area contributed by atoms with Crippen LogP contribution in [0.4, 0.5) is 0 Å². The minimum Gasteiger partial charge on any atom is -0.478 e. The second kappa shape index (κ2) is 6.73. The first-order chi connectivity index (χ1) is 9.99. The molecule has 0 saturated carbocycles. The van der Waals surface area contributed by atoms with E-state index in [-0.39, 0.29) is 11.4 Å². The van der Waals surface area contributed by atoms with Crippen LogP contribution in [0.1, 0.15) is 56.2 Å². The van der Waals surface area contributed by atoms with Crippen LogP contribution in [0.2, 0.25) is 0 Å². The molecular weight excluding hydrogens is 284 g/mol. The van der Waals surface area contributed by atoms with Crippen molar-refractivity contribution >= 4 is 17.7 Å². The molecule has 0 saturated heterocycles. The minimum atomic E-state index is -0.155. The molecule has 1 heterocycles. The van der Waals surface area contributed by atoms with Crippen molar-refractivity contribution in [1.29, 1.82) is 0 Å². The molecular formula is C17H24O3S.